The number of benzene rings is 1. The van der Waals surface area contributed by atoms with E-state index in [0.29, 0.717) is 0 Å². The summed E-state index contributed by atoms with van der Waals surface area (Å²) in [5.74, 6) is 1.03. The van der Waals surface area contributed by atoms with E-state index in [-0.39, 0.29) is 5.60 Å². The van der Waals surface area contributed by atoms with Gasteiger partial charge in [0.2, 0.25) is 0 Å². The van der Waals surface area contributed by atoms with Crippen molar-refractivity contribution in [2.24, 2.45) is 0 Å². The minimum absolute atomic E-state index is 0.00875. The lowest BCUT2D eigenvalue weighted by atomic mass is 9.92. The Balaban J connectivity index is 1.29. The van der Waals surface area contributed by atoms with Gasteiger partial charge in [-0.25, -0.2) is 0 Å². The number of ether oxygens (including phenoxy) is 1. The number of rotatable bonds is 7. The van der Waals surface area contributed by atoms with Gasteiger partial charge in [0.25, 0.3) is 0 Å². The van der Waals surface area contributed by atoms with Gasteiger partial charge in [-0.15, -0.1) is 23.1 Å². The first kappa shape index (κ1) is 20.5. The predicted octanol–water partition coefficient (Wildman–Crippen LogP) is 6.09. The van der Waals surface area contributed by atoms with Gasteiger partial charge in [-0.3, -0.25) is 0 Å². The molecule has 5 heteroatoms. The van der Waals surface area contributed by atoms with Crippen LogP contribution >= 0.6 is 34.7 Å². The van der Waals surface area contributed by atoms with Crippen LogP contribution < -0.4 is 0 Å². The standard InChI is InChI=1S/C23H28ClNOS2/c1-26-23(17-28-20-5-3-2-4-6-20)10-13-25(14-11-23)12-9-18-16-27-22-8-7-19(24)15-21(18)22/h2-6,15-16H,7-14,17H2,1H3. The fourth-order valence-corrected chi connectivity index (χ4v) is 6.53. The normalized spacial score (nSPS) is 19.3. The predicted molar refractivity (Wildman–Crippen MR) is 123 cm³/mol. The van der Waals surface area contributed by atoms with Crippen molar-refractivity contribution in [3.8, 4) is 0 Å². The summed E-state index contributed by atoms with van der Waals surface area (Å²) in [6, 6.07) is 10.7. The zero-order valence-electron chi connectivity index (χ0n) is 16.5. The molecule has 0 spiro atoms. The summed E-state index contributed by atoms with van der Waals surface area (Å²) >= 11 is 10.1. The maximum absolute atomic E-state index is 6.28. The van der Waals surface area contributed by atoms with Crippen LogP contribution in [-0.4, -0.2) is 43.0 Å². The van der Waals surface area contributed by atoms with E-state index >= 15 is 0 Å². The Morgan fingerprint density at radius 2 is 1.96 bits per heavy atom. The maximum atomic E-state index is 6.28. The molecule has 0 bridgehead atoms. The number of likely N-dealkylation sites (tertiary alicyclic amines) is 1. The number of thioether (sulfide) groups is 1. The zero-order valence-corrected chi connectivity index (χ0v) is 18.8. The Bertz CT molecular complexity index is 809. The minimum Gasteiger partial charge on any atom is -0.377 e. The summed E-state index contributed by atoms with van der Waals surface area (Å²) in [4.78, 5) is 5.44. The number of fused-ring (bicyclic) bond motifs is 1. The van der Waals surface area contributed by atoms with E-state index in [2.05, 4.69) is 46.7 Å². The Morgan fingerprint density at radius 1 is 1.18 bits per heavy atom. The molecule has 0 radical (unpaired) electrons. The molecule has 2 heterocycles. The molecule has 0 N–H and O–H groups in total. The molecule has 4 rings (SSSR count). The minimum atomic E-state index is 0.00875. The summed E-state index contributed by atoms with van der Waals surface area (Å²) in [6.07, 6.45) is 7.63. The second-order valence-electron chi connectivity index (χ2n) is 7.77. The first-order valence-corrected chi connectivity index (χ1v) is 12.3. The number of aryl methyl sites for hydroxylation is 1. The van der Waals surface area contributed by atoms with Crippen LogP contribution in [0.2, 0.25) is 0 Å². The molecule has 0 unspecified atom stereocenters. The van der Waals surface area contributed by atoms with E-state index in [4.69, 9.17) is 16.3 Å². The van der Waals surface area contributed by atoms with E-state index in [1.807, 2.05) is 30.2 Å². The van der Waals surface area contributed by atoms with Gasteiger partial charge in [0, 0.05) is 47.3 Å². The average Bonchev–Trinajstić information content (AvgIpc) is 3.14. The third kappa shape index (κ3) is 4.85. The second-order valence-corrected chi connectivity index (χ2v) is 10.3. The number of hydrogen-bond donors (Lipinski definition) is 0. The van der Waals surface area contributed by atoms with Gasteiger partial charge in [0.1, 0.15) is 0 Å². The molecule has 1 fully saturated rings. The Morgan fingerprint density at radius 3 is 2.71 bits per heavy atom. The summed E-state index contributed by atoms with van der Waals surface area (Å²) in [6.45, 7) is 3.36. The Hall–Kier alpha value is -0.780. The summed E-state index contributed by atoms with van der Waals surface area (Å²) in [5, 5.41) is 3.35. The number of halogens is 1. The van der Waals surface area contributed by atoms with Gasteiger partial charge < -0.3 is 9.64 Å². The third-order valence-electron chi connectivity index (χ3n) is 6.02. The molecular weight excluding hydrogens is 406 g/mol. The molecule has 1 aliphatic carbocycles. The van der Waals surface area contributed by atoms with Crippen LogP contribution in [0.15, 0.2) is 45.6 Å². The van der Waals surface area contributed by atoms with Crippen LogP contribution in [-0.2, 0) is 17.6 Å². The van der Waals surface area contributed by atoms with Crippen LogP contribution in [0.25, 0.3) is 6.08 Å². The van der Waals surface area contributed by atoms with Gasteiger partial charge in [-0.05, 0) is 66.8 Å². The lowest BCUT2D eigenvalue weighted by Crippen LogP contribution is -2.47. The van der Waals surface area contributed by atoms with Crippen molar-refractivity contribution in [1.82, 2.24) is 4.90 Å². The number of nitrogens with zero attached hydrogens (tertiary/aromatic N) is 1. The van der Waals surface area contributed by atoms with Crippen molar-refractivity contribution in [2.75, 3.05) is 32.5 Å². The Kier molecular flexibility index (Phi) is 6.85. The topological polar surface area (TPSA) is 12.5 Å². The molecular formula is C23H28ClNOS2. The monoisotopic (exact) mass is 433 g/mol. The van der Waals surface area contributed by atoms with Crippen molar-refractivity contribution < 1.29 is 4.74 Å². The highest BCUT2D eigenvalue weighted by molar-refractivity contribution is 7.99. The molecule has 2 aliphatic rings. The molecule has 2 nitrogen and oxygen atoms in total. The average molecular weight is 434 g/mol. The van der Waals surface area contributed by atoms with Crippen molar-refractivity contribution in [1.29, 1.82) is 0 Å². The molecule has 0 saturated carbocycles. The number of hydrogen-bond acceptors (Lipinski definition) is 4. The highest BCUT2D eigenvalue weighted by Crippen LogP contribution is 2.35. The molecule has 0 amide bonds. The van der Waals surface area contributed by atoms with Crippen molar-refractivity contribution in [3.05, 3.63) is 56.7 Å². The van der Waals surface area contributed by atoms with E-state index < -0.39 is 0 Å². The van der Waals surface area contributed by atoms with Gasteiger partial charge >= 0.3 is 0 Å². The number of methoxy groups -OCH3 is 1. The summed E-state index contributed by atoms with van der Waals surface area (Å²) in [7, 11) is 1.88. The van der Waals surface area contributed by atoms with Crippen molar-refractivity contribution in [3.63, 3.8) is 0 Å². The zero-order chi connectivity index (χ0) is 19.4. The van der Waals surface area contributed by atoms with Crippen molar-refractivity contribution >= 4 is 40.8 Å². The highest BCUT2D eigenvalue weighted by atomic mass is 35.5. The number of piperidine rings is 1. The summed E-state index contributed by atoms with van der Waals surface area (Å²) in [5.41, 5.74) is 2.89. The third-order valence-corrected chi connectivity index (χ3v) is 8.71. The fourth-order valence-electron chi connectivity index (χ4n) is 4.07. The van der Waals surface area contributed by atoms with Crippen LogP contribution in [0.4, 0.5) is 0 Å². The SMILES string of the molecule is COC1(CSc2ccccc2)CCN(CCc2csc3c2C=C(Cl)CC3)CC1. The van der Waals surface area contributed by atoms with Gasteiger partial charge in [-0.2, -0.15) is 0 Å². The molecule has 150 valence electrons. The molecule has 1 aliphatic heterocycles. The molecule has 2 aromatic rings. The molecule has 28 heavy (non-hydrogen) atoms. The van der Waals surface area contributed by atoms with Crippen LogP contribution in [0, 0.1) is 0 Å². The number of allylic oxidation sites excluding steroid dienone is 1. The quantitative estimate of drug-likeness (QED) is 0.490. The van der Waals surface area contributed by atoms with E-state index in [1.165, 1.54) is 20.9 Å². The maximum Gasteiger partial charge on any atom is 0.0796 e. The molecule has 1 saturated heterocycles. The number of thiophene rings is 1. The molecule has 1 aromatic heterocycles. The van der Waals surface area contributed by atoms with Crippen LogP contribution in [0.1, 0.15) is 35.3 Å². The van der Waals surface area contributed by atoms with E-state index in [9.17, 15) is 0 Å². The fraction of sp³-hybridized carbons (Fsp3) is 0.478. The van der Waals surface area contributed by atoms with Gasteiger partial charge in [0.05, 0.1) is 5.60 Å². The van der Waals surface area contributed by atoms with E-state index in [1.54, 1.807) is 0 Å². The molecule has 1 aromatic carbocycles. The summed E-state index contributed by atoms with van der Waals surface area (Å²) < 4.78 is 6.02. The lowest BCUT2D eigenvalue weighted by Gasteiger charge is -2.40. The first-order chi connectivity index (χ1) is 13.7. The highest BCUT2D eigenvalue weighted by Gasteiger charge is 2.34. The van der Waals surface area contributed by atoms with Crippen molar-refractivity contribution in [2.45, 2.75) is 42.6 Å². The lowest BCUT2D eigenvalue weighted by molar-refractivity contribution is -0.0385. The largest absolute Gasteiger partial charge is 0.377 e. The van der Waals surface area contributed by atoms with E-state index in [0.717, 1.165) is 62.5 Å². The van der Waals surface area contributed by atoms with Crippen LogP contribution in [0.3, 0.4) is 0 Å². The smallest absolute Gasteiger partial charge is 0.0796 e. The first-order valence-electron chi connectivity index (χ1n) is 10.1. The molecule has 0 atom stereocenters. The van der Waals surface area contributed by atoms with Gasteiger partial charge in [0.15, 0.2) is 0 Å². The van der Waals surface area contributed by atoms with Crippen LogP contribution in [0.5, 0.6) is 0 Å². The second kappa shape index (κ2) is 9.36. The van der Waals surface area contributed by atoms with Gasteiger partial charge in [-0.1, -0.05) is 29.8 Å². The Labute approximate surface area is 181 Å².